The van der Waals surface area contributed by atoms with Crippen LogP contribution in [-0.2, 0) is 4.74 Å². The average Bonchev–Trinajstić information content (AvgIpc) is 2.74. The molecule has 0 bridgehead atoms. The molecule has 2 rings (SSSR count). The molecule has 0 amide bonds. The minimum atomic E-state index is 0.532. The lowest BCUT2D eigenvalue weighted by Gasteiger charge is -2.30. The molecule has 0 aromatic heterocycles. The smallest absolute Gasteiger partial charge is 0.0590 e. The summed E-state index contributed by atoms with van der Waals surface area (Å²) in [5.41, 5.74) is 0. The average molecular weight is 225 g/mol. The molecule has 2 fully saturated rings. The van der Waals surface area contributed by atoms with Crippen LogP contribution in [0.3, 0.4) is 0 Å². The largest absolute Gasteiger partial charge is 0.378 e. The van der Waals surface area contributed by atoms with Gasteiger partial charge in [-0.2, -0.15) is 0 Å². The highest BCUT2D eigenvalue weighted by atomic mass is 16.5. The molecule has 2 heteroatoms. The highest BCUT2D eigenvalue weighted by Crippen LogP contribution is 2.24. The first-order valence-electron chi connectivity index (χ1n) is 7.11. The number of hydrogen-bond acceptors (Lipinski definition) is 2. The van der Waals surface area contributed by atoms with Crippen LogP contribution in [0.4, 0.5) is 0 Å². The summed E-state index contributed by atoms with van der Waals surface area (Å²) >= 11 is 0. The van der Waals surface area contributed by atoms with Crippen molar-refractivity contribution >= 4 is 0 Å². The fourth-order valence-corrected chi connectivity index (χ4v) is 3.12. The molecule has 0 spiro atoms. The SMILES string of the molecule is CC1CCC(NC(C)CC2CCCO2)CC1. The normalized spacial score (nSPS) is 37.5. The van der Waals surface area contributed by atoms with Gasteiger partial charge in [0.05, 0.1) is 6.10 Å². The van der Waals surface area contributed by atoms with Crippen molar-refractivity contribution in [2.75, 3.05) is 6.61 Å². The van der Waals surface area contributed by atoms with Crippen LogP contribution in [0.25, 0.3) is 0 Å². The van der Waals surface area contributed by atoms with Gasteiger partial charge in [-0.05, 0) is 57.8 Å². The number of ether oxygens (including phenoxy) is 1. The highest BCUT2D eigenvalue weighted by molar-refractivity contribution is 4.80. The van der Waals surface area contributed by atoms with E-state index in [2.05, 4.69) is 19.2 Å². The second-order valence-corrected chi connectivity index (χ2v) is 5.90. The summed E-state index contributed by atoms with van der Waals surface area (Å²) in [5.74, 6) is 0.950. The Hall–Kier alpha value is -0.0800. The van der Waals surface area contributed by atoms with Gasteiger partial charge in [-0.3, -0.25) is 0 Å². The van der Waals surface area contributed by atoms with E-state index in [4.69, 9.17) is 4.74 Å². The van der Waals surface area contributed by atoms with E-state index in [1.165, 1.54) is 44.9 Å². The van der Waals surface area contributed by atoms with Crippen LogP contribution >= 0.6 is 0 Å². The van der Waals surface area contributed by atoms with Gasteiger partial charge in [0.2, 0.25) is 0 Å². The fourth-order valence-electron chi connectivity index (χ4n) is 3.12. The number of rotatable bonds is 4. The van der Waals surface area contributed by atoms with Crippen LogP contribution in [0, 0.1) is 5.92 Å². The van der Waals surface area contributed by atoms with Crippen molar-refractivity contribution in [3.05, 3.63) is 0 Å². The van der Waals surface area contributed by atoms with Crippen molar-refractivity contribution in [2.24, 2.45) is 5.92 Å². The zero-order chi connectivity index (χ0) is 11.4. The molecule has 1 aliphatic heterocycles. The van der Waals surface area contributed by atoms with E-state index in [0.29, 0.717) is 12.1 Å². The number of nitrogens with one attached hydrogen (secondary N) is 1. The summed E-state index contributed by atoms with van der Waals surface area (Å²) in [4.78, 5) is 0. The van der Waals surface area contributed by atoms with Gasteiger partial charge in [0, 0.05) is 18.7 Å². The Kier molecular flexibility index (Phi) is 4.66. The van der Waals surface area contributed by atoms with Gasteiger partial charge in [-0.25, -0.2) is 0 Å². The van der Waals surface area contributed by atoms with Crippen molar-refractivity contribution < 1.29 is 4.74 Å². The van der Waals surface area contributed by atoms with Gasteiger partial charge in [0.25, 0.3) is 0 Å². The molecule has 0 aromatic rings. The van der Waals surface area contributed by atoms with Gasteiger partial charge in [-0.1, -0.05) is 6.92 Å². The van der Waals surface area contributed by atoms with Crippen molar-refractivity contribution in [3.8, 4) is 0 Å². The maximum Gasteiger partial charge on any atom is 0.0590 e. The Morgan fingerprint density at radius 1 is 1.19 bits per heavy atom. The molecule has 2 atom stereocenters. The van der Waals surface area contributed by atoms with Crippen LogP contribution in [0.1, 0.15) is 58.8 Å². The summed E-state index contributed by atoms with van der Waals surface area (Å²) in [6.45, 7) is 5.68. The lowest BCUT2D eigenvalue weighted by atomic mass is 9.87. The quantitative estimate of drug-likeness (QED) is 0.794. The molecule has 0 aromatic carbocycles. The van der Waals surface area contributed by atoms with Gasteiger partial charge in [0.15, 0.2) is 0 Å². The Morgan fingerprint density at radius 3 is 2.56 bits per heavy atom. The van der Waals surface area contributed by atoms with Gasteiger partial charge < -0.3 is 10.1 Å². The second kappa shape index (κ2) is 6.02. The summed E-state index contributed by atoms with van der Waals surface area (Å²) < 4.78 is 5.69. The number of hydrogen-bond donors (Lipinski definition) is 1. The zero-order valence-corrected chi connectivity index (χ0v) is 10.9. The van der Waals surface area contributed by atoms with Crippen LogP contribution in [0.15, 0.2) is 0 Å². The molecule has 2 unspecified atom stereocenters. The van der Waals surface area contributed by atoms with E-state index in [1.54, 1.807) is 0 Å². The molecule has 2 aliphatic rings. The molecular formula is C14H27NO. The van der Waals surface area contributed by atoms with Crippen molar-refractivity contribution in [1.29, 1.82) is 0 Å². The van der Waals surface area contributed by atoms with Gasteiger partial charge in [-0.15, -0.1) is 0 Å². The van der Waals surface area contributed by atoms with E-state index < -0.39 is 0 Å². The van der Waals surface area contributed by atoms with E-state index >= 15 is 0 Å². The fraction of sp³-hybridized carbons (Fsp3) is 1.00. The van der Waals surface area contributed by atoms with E-state index in [0.717, 1.165) is 18.6 Å². The molecule has 94 valence electrons. The molecule has 1 heterocycles. The molecule has 16 heavy (non-hydrogen) atoms. The van der Waals surface area contributed by atoms with E-state index in [-0.39, 0.29) is 0 Å². The molecular weight excluding hydrogens is 198 g/mol. The standard InChI is InChI=1S/C14H27NO/c1-11-5-7-13(8-6-11)15-12(2)10-14-4-3-9-16-14/h11-15H,3-10H2,1-2H3. The van der Waals surface area contributed by atoms with E-state index in [1.807, 2.05) is 0 Å². The summed E-state index contributed by atoms with van der Waals surface area (Å²) in [7, 11) is 0. The molecule has 1 N–H and O–H groups in total. The van der Waals surface area contributed by atoms with Crippen molar-refractivity contribution in [3.63, 3.8) is 0 Å². The lowest BCUT2D eigenvalue weighted by molar-refractivity contribution is 0.0938. The van der Waals surface area contributed by atoms with Crippen LogP contribution in [-0.4, -0.2) is 24.8 Å². The minimum absolute atomic E-state index is 0.532. The highest BCUT2D eigenvalue weighted by Gasteiger charge is 2.22. The first kappa shape index (κ1) is 12.4. The first-order valence-corrected chi connectivity index (χ1v) is 7.11. The van der Waals surface area contributed by atoms with Crippen LogP contribution in [0.2, 0.25) is 0 Å². The first-order chi connectivity index (χ1) is 7.74. The second-order valence-electron chi connectivity index (χ2n) is 5.90. The maximum absolute atomic E-state index is 5.69. The topological polar surface area (TPSA) is 21.3 Å². The van der Waals surface area contributed by atoms with Crippen molar-refractivity contribution in [2.45, 2.75) is 77.0 Å². The summed E-state index contributed by atoms with van der Waals surface area (Å²) in [5, 5.41) is 3.79. The third-order valence-electron chi connectivity index (χ3n) is 4.18. The van der Waals surface area contributed by atoms with Gasteiger partial charge >= 0.3 is 0 Å². The Balaban J connectivity index is 1.64. The van der Waals surface area contributed by atoms with Crippen molar-refractivity contribution in [1.82, 2.24) is 5.32 Å². The monoisotopic (exact) mass is 225 g/mol. The minimum Gasteiger partial charge on any atom is -0.378 e. The van der Waals surface area contributed by atoms with E-state index in [9.17, 15) is 0 Å². The molecule has 1 saturated heterocycles. The molecule has 1 aliphatic carbocycles. The van der Waals surface area contributed by atoms with Gasteiger partial charge in [0.1, 0.15) is 0 Å². The maximum atomic E-state index is 5.69. The molecule has 2 nitrogen and oxygen atoms in total. The Bertz CT molecular complexity index is 193. The Morgan fingerprint density at radius 2 is 1.94 bits per heavy atom. The molecule has 0 radical (unpaired) electrons. The van der Waals surface area contributed by atoms with Crippen LogP contribution < -0.4 is 5.32 Å². The third kappa shape index (κ3) is 3.74. The lowest BCUT2D eigenvalue weighted by Crippen LogP contribution is -2.40. The summed E-state index contributed by atoms with van der Waals surface area (Å²) in [6, 6.07) is 1.40. The Labute approximate surface area is 100 Å². The summed E-state index contributed by atoms with van der Waals surface area (Å²) in [6.07, 6.45) is 9.82. The zero-order valence-electron chi connectivity index (χ0n) is 10.9. The predicted molar refractivity (Wildman–Crippen MR) is 67.6 cm³/mol. The predicted octanol–water partition coefficient (Wildman–Crippen LogP) is 3.11. The third-order valence-corrected chi connectivity index (χ3v) is 4.18. The van der Waals surface area contributed by atoms with Crippen LogP contribution in [0.5, 0.6) is 0 Å². The molecule has 1 saturated carbocycles.